The molecular weight excluding hydrogens is 574 g/mol. The molecule has 232 valence electrons. The first-order valence-electron chi connectivity index (χ1n) is 15.2. The third-order valence-electron chi connectivity index (χ3n) is 8.95. The summed E-state index contributed by atoms with van der Waals surface area (Å²) < 4.78 is 37.7. The molecule has 3 heterocycles. The third kappa shape index (κ3) is 4.90. The van der Waals surface area contributed by atoms with E-state index in [0.29, 0.717) is 52.6 Å². The molecule has 1 aliphatic heterocycles. The van der Waals surface area contributed by atoms with E-state index in [1.807, 2.05) is 31.7 Å². The second kappa shape index (κ2) is 11.6. The SMILES string of the molecule is C=CC(=O)N1C[C@H](C)N(c2c3cc(F)c(-c4c(O)cccc4F)cc3c(-c3c(C)ccnc3C(C)C)c3ocnc23)C[C@H]1CC. The molecule has 2 aromatic heterocycles. The second-order valence-electron chi connectivity index (χ2n) is 12.1. The molecule has 5 aromatic rings. The molecule has 0 unspecified atom stereocenters. The molecule has 0 radical (unpaired) electrons. The van der Waals surface area contributed by atoms with Crippen LogP contribution < -0.4 is 4.90 Å². The number of hydrogen-bond donors (Lipinski definition) is 1. The number of anilines is 1. The van der Waals surface area contributed by atoms with Crippen molar-refractivity contribution in [3.8, 4) is 28.0 Å². The second-order valence-corrected chi connectivity index (χ2v) is 12.1. The highest BCUT2D eigenvalue weighted by atomic mass is 19.1. The average Bonchev–Trinajstić information content (AvgIpc) is 3.49. The van der Waals surface area contributed by atoms with Crippen molar-refractivity contribution in [1.29, 1.82) is 0 Å². The first-order valence-corrected chi connectivity index (χ1v) is 15.2. The van der Waals surface area contributed by atoms with Gasteiger partial charge in [0.25, 0.3) is 0 Å². The zero-order valence-electron chi connectivity index (χ0n) is 26.1. The van der Waals surface area contributed by atoms with Crippen LogP contribution in [0.1, 0.15) is 51.3 Å². The summed E-state index contributed by atoms with van der Waals surface area (Å²) in [6.07, 6.45) is 5.19. The number of aromatic hydroxyl groups is 1. The van der Waals surface area contributed by atoms with Gasteiger partial charge in [0.1, 0.15) is 22.9 Å². The molecule has 2 atom stereocenters. The summed E-state index contributed by atoms with van der Waals surface area (Å²) in [4.78, 5) is 26.2. The van der Waals surface area contributed by atoms with E-state index in [0.717, 1.165) is 16.8 Å². The Morgan fingerprint density at radius 2 is 1.89 bits per heavy atom. The fourth-order valence-electron chi connectivity index (χ4n) is 6.76. The number of phenolic OH excluding ortho intramolecular Hbond substituents is 1. The Kier molecular flexibility index (Phi) is 7.81. The smallest absolute Gasteiger partial charge is 0.246 e. The van der Waals surface area contributed by atoms with E-state index in [9.17, 15) is 9.90 Å². The number of piperazine rings is 1. The molecular formula is C36H36F2N4O3. The van der Waals surface area contributed by atoms with Gasteiger partial charge in [-0.15, -0.1) is 0 Å². The van der Waals surface area contributed by atoms with Crippen LogP contribution in [-0.2, 0) is 4.79 Å². The molecule has 0 bridgehead atoms. The van der Waals surface area contributed by atoms with Gasteiger partial charge < -0.3 is 19.3 Å². The third-order valence-corrected chi connectivity index (χ3v) is 8.95. The lowest BCUT2D eigenvalue weighted by molar-refractivity contribution is -0.129. The highest BCUT2D eigenvalue weighted by Gasteiger charge is 2.36. The van der Waals surface area contributed by atoms with Crippen LogP contribution in [0.3, 0.4) is 0 Å². The number of aromatic nitrogens is 2. The molecule has 1 saturated heterocycles. The molecule has 1 N–H and O–H groups in total. The average molecular weight is 611 g/mol. The molecule has 6 rings (SSSR count). The summed E-state index contributed by atoms with van der Waals surface area (Å²) in [5.41, 5.74) is 4.72. The fraction of sp³-hybridized carbons (Fsp3) is 0.306. The van der Waals surface area contributed by atoms with Gasteiger partial charge in [-0.3, -0.25) is 9.78 Å². The minimum atomic E-state index is -0.737. The van der Waals surface area contributed by atoms with Crippen molar-refractivity contribution in [2.24, 2.45) is 0 Å². The number of pyridine rings is 1. The number of amides is 1. The van der Waals surface area contributed by atoms with E-state index in [-0.39, 0.29) is 40.8 Å². The monoisotopic (exact) mass is 610 g/mol. The summed E-state index contributed by atoms with van der Waals surface area (Å²) in [5.74, 6) is -1.87. The van der Waals surface area contributed by atoms with E-state index in [4.69, 9.17) is 9.40 Å². The Hall–Kier alpha value is -4.79. The maximum Gasteiger partial charge on any atom is 0.246 e. The molecule has 0 aliphatic carbocycles. The number of aryl methyl sites for hydroxylation is 1. The molecule has 3 aromatic carbocycles. The normalized spacial score (nSPS) is 17.1. The number of hydrogen-bond acceptors (Lipinski definition) is 6. The quantitative estimate of drug-likeness (QED) is 0.196. The van der Waals surface area contributed by atoms with Crippen LogP contribution in [0.2, 0.25) is 0 Å². The topological polar surface area (TPSA) is 82.7 Å². The zero-order chi connectivity index (χ0) is 32.2. The largest absolute Gasteiger partial charge is 0.507 e. The summed E-state index contributed by atoms with van der Waals surface area (Å²) in [6.45, 7) is 14.7. The lowest BCUT2D eigenvalue weighted by atomic mass is 9.87. The lowest BCUT2D eigenvalue weighted by Gasteiger charge is -2.46. The Morgan fingerprint density at radius 1 is 1.11 bits per heavy atom. The summed E-state index contributed by atoms with van der Waals surface area (Å²) in [6, 6.07) is 8.56. The molecule has 1 amide bonds. The van der Waals surface area contributed by atoms with E-state index >= 15 is 8.78 Å². The highest BCUT2D eigenvalue weighted by Crippen LogP contribution is 2.48. The van der Waals surface area contributed by atoms with Crippen molar-refractivity contribution in [2.45, 2.75) is 59.0 Å². The van der Waals surface area contributed by atoms with Crippen LogP contribution in [-0.4, -0.2) is 51.1 Å². The molecule has 45 heavy (non-hydrogen) atoms. The van der Waals surface area contributed by atoms with Crippen molar-refractivity contribution in [2.75, 3.05) is 18.0 Å². The zero-order valence-corrected chi connectivity index (χ0v) is 26.1. The van der Waals surface area contributed by atoms with Crippen LogP contribution in [0.5, 0.6) is 5.75 Å². The van der Waals surface area contributed by atoms with Crippen molar-refractivity contribution in [3.63, 3.8) is 0 Å². The van der Waals surface area contributed by atoms with Gasteiger partial charge in [0.05, 0.1) is 16.9 Å². The number of carbonyl (C=O) groups is 1. The van der Waals surface area contributed by atoms with Crippen molar-refractivity contribution < 1.29 is 23.1 Å². The molecule has 0 spiro atoms. The maximum atomic E-state index is 16.3. The number of nitrogens with zero attached hydrogens (tertiary/aromatic N) is 4. The Morgan fingerprint density at radius 3 is 2.58 bits per heavy atom. The van der Waals surface area contributed by atoms with Gasteiger partial charge in [-0.2, -0.15) is 0 Å². The number of phenols is 1. The Labute approximate surface area is 260 Å². The minimum Gasteiger partial charge on any atom is -0.507 e. The first-order chi connectivity index (χ1) is 21.6. The van der Waals surface area contributed by atoms with E-state index < -0.39 is 11.6 Å². The van der Waals surface area contributed by atoms with Crippen LogP contribution in [0, 0.1) is 18.6 Å². The van der Waals surface area contributed by atoms with Crippen molar-refractivity contribution >= 4 is 33.5 Å². The number of carbonyl (C=O) groups excluding carboxylic acids is 1. The standard InChI is InChI=1S/C36H36F2N4O3/c1-7-22-17-41(21(6)16-42(22)29(44)8-2)35-24-15-27(38)25(31-26(37)10-9-11-28(31)43)14-23(24)32(36-34(35)40-18-45-36)30-20(5)12-13-39-33(30)19(3)4/h8-15,18-19,21-22,43H,2,7,16-17H2,1,3-6H3/t21-,22+/m0/s1. The van der Waals surface area contributed by atoms with Crippen molar-refractivity contribution in [3.05, 3.63) is 84.5 Å². The summed E-state index contributed by atoms with van der Waals surface area (Å²) in [5, 5.41) is 11.8. The van der Waals surface area contributed by atoms with Gasteiger partial charge in [0.15, 0.2) is 12.0 Å². The van der Waals surface area contributed by atoms with Gasteiger partial charge in [0.2, 0.25) is 5.91 Å². The number of oxazole rings is 1. The molecule has 1 aliphatic rings. The van der Waals surface area contributed by atoms with Gasteiger partial charge in [-0.05, 0) is 73.5 Å². The summed E-state index contributed by atoms with van der Waals surface area (Å²) >= 11 is 0. The minimum absolute atomic E-state index is 0.0453. The maximum absolute atomic E-state index is 16.3. The van der Waals surface area contributed by atoms with Crippen LogP contribution >= 0.6 is 0 Å². The number of benzene rings is 3. The van der Waals surface area contributed by atoms with Gasteiger partial charge in [-0.25, -0.2) is 13.8 Å². The van der Waals surface area contributed by atoms with Crippen LogP contribution in [0.4, 0.5) is 14.5 Å². The predicted molar refractivity (Wildman–Crippen MR) is 173 cm³/mol. The molecule has 7 nitrogen and oxygen atoms in total. The molecule has 1 fully saturated rings. The number of halogens is 2. The van der Waals surface area contributed by atoms with E-state index in [1.165, 1.54) is 36.7 Å². The Balaban J connectivity index is 1.73. The fourth-order valence-corrected chi connectivity index (χ4v) is 6.76. The van der Waals surface area contributed by atoms with Crippen molar-refractivity contribution in [1.82, 2.24) is 14.9 Å². The van der Waals surface area contributed by atoms with Crippen LogP contribution in [0.15, 0.2) is 66.1 Å². The van der Waals surface area contributed by atoms with E-state index in [1.54, 1.807) is 12.3 Å². The van der Waals surface area contributed by atoms with Gasteiger partial charge in [-0.1, -0.05) is 33.4 Å². The lowest BCUT2D eigenvalue weighted by Crippen LogP contribution is -2.58. The number of fused-ring (bicyclic) bond motifs is 2. The first kappa shape index (κ1) is 30.2. The predicted octanol–water partition coefficient (Wildman–Crippen LogP) is 8.13. The highest BCUT2D eigenvalue weighted by molar-refractivity contribution is 6.19. The van der Waals surface area contributed by atoms with Crippen LogP contribution in [0.25, 0.3) is 44.1 Å². The molecule has 9 heteroatoms. The van der Waals surface area contributed by atoms with Gasteiger partial charge >= 0.3 is 0 Å². The Bertz CT molecular complexity index is 1950. The number of rotatable bonds is 6. The van der Waals surface area contributed by atoms with Gasteiger partial charge in [0, 0.05) is 53.4 Å². The van der Waals surface area contributed by atoms with E-state index in [2.05, 4.69) is 30.3 Å². The summed E-state index contributed by atoms with van der Waals surface area (Å²) in [7, 11) is 0. The molecule has 0 saturated carbocycles.